The fourth-order valence-corrected chi connectivity index (χ4v) is 3.86. The van der Waals surface area contributed by atoms with Crippen molar-refractivity contribution in [1.82, 2.24) is 9.97 Å². The number of rotatable bonds is 3. The molecular weight excluding hydrogens is 374 g/mol. The molecule has 2 aromatic heterocycles. The van der Waals surface area contributed by atoms with E-state index in [1.165, 1.54) is 23.6 Å². The van der Waals surface area contributed by atoms with Gasteiger partial charge in [0.05, 0.1) is 10.2 Å². The summed E-state index contributed by atoms with van der Waals surface area (Å²) in [5, 5.41) is 0.543. The molecule has 102 valence electrons. The van der Waals surface area contributed by atoms with E-state index >= 15 is 0 Å². The summed E-state index contributed by atoms with van der Waals surface area (Å²) in [6.07, 6.45) is 1.20. The smallest absolute Gasteiger partial charge is 0.255 e. The second-order valence-electron chi connectivity index (χ2n) is 3.71. The van der Waals surface area contributed by atoms with Gasteiger partial charge in [0.15, 0.2) is 5.13 Å². The van der Waals surface area contributed by atoms with E-state index < -0.39 is 10.0 Å². The molecule has 0 amide bonds. The van der Waals surface area contributed by atoms with Crippen LogP contribution in [0.5, 0.6) is 0 Å². The quantitative estimate of drug-likeness (QED) is 0.826. The summed E-state index contributed by atoms with van der Waals surface area (Å²) in [5.41, 5.74) is 0.804. The van der Waals surface area contributed by atoms with Gasteiger partial charge < -0.3 is 0 Å². The number of nitrogens with zero attached hydrogens (tertiary/aromatic N) is 2. The van der Waals surface area contributed by atoms with Crippen LogP contribution < -0.4 is 4.72 Å². The lowest BCUT2D eigenvalue weighted by Crippen LogP contribution is -2.13. The van der Waals surface area contributed by atoms with Gasteiger partial charge in [0.25, 0.3) is 10.0 Å². The number of hydrogen-bond acceptors (Lipinski definition) is 5. The van der Waals surface area contributed by atoms with Crippen LogP contribution in [-0.4, -0.2) is 18.4 Å². The first-order valence-electron chi connectivity index (χ1n) is 5.07. The third-order valence-corrected chi connectivity index (χ3v) is 5.89. The first-order chi connectivity index (χ1) is 8.79. The molecule has 1 N–H and O–H groups in total. The number of pyridine rings is 1. The highest BCUT2D eigenvalue weighted by atomic mass is 79.9. The minimum atomic E-state index is -3.71. The number of nitrogens with one attached hydrogen (secondary N) is 1. The Labute approximate surface area is 128 Å². The normalized spacial score (nSPS) is 11.6. The number of sulfonamides is 1. The predicted molar refractivity (Wildman–Crippen MR) is 79.3 cm³/mol. The lowest BCUT2D eigenvalue weighted by Gasteiger charge is -2.05. The van der Waals surface area contributed by atoms with Crippen LogP contribution in [0.25, 0.3) is 0 Å². The van der Waals surface area contributed by atoms with Gasteiger partial charge in [-0.25, -0.2) is 18.4 Å². The van der Waals surface area contributed by atoms with Crippen LogP contribution in [0.4, 0.5) is 5.13 Å². The van der Waals surface area contributed by atoms with E-state index in [0.717, 1.165) is 10.6 Å². The number of thiazole rings is 1. The average Bonchev–Trinajstić information content (AvgIpc) is 2.60. The van der Waals surface area contributed by atoms with E-state index in [-0.39, 0.29) is 10.0 Å². The van der Waals surface area contributed by atoms with Crippen molar-refractivity contribution in [3.05, 3.63) is 32.5 Å². The zero-order valence-corrected chi connectivity index (χ0v) is 13.9. The summed E-state index contributed by atoms with van der Waals surface area (Å²) in [7, 11) is -3.71. The number of halogens is 2. The third-order valence-electron chi connectivity index (χ3n) is 2.33. The van der Waals surface area contributed by atoms with Gasteiger partial charge >= 0.3 is 0 Å². The Morgan fingerprint density at radius 2 is 2.11 bits per heavy atom. The van der Waals surface area contributed by atoms with Gasteiger partial charge in [0.1, 0.15) is 10.0 Å². The second kappa shape index (κ2) is 5.35. The minimum Gasteiger partial charge on any atom is -0.255 e. The van der Waals surface area contributed by atoms with Crippen molar-refractivity contribution in [3.63, 3.8) is 0 Å². The molecule has 19 heavy (non-hydrogen) atoms. The maximum atomic E-state index is 12.1. The largest absolute Gasteiger partial charge is 0.265 e. The predicted octanol–water partition coefficient (Wildman–Crippen LogP) is 3.37. The Kier molecular flexibility index (Phi) is 4.14. The molecule has 5 nitrogen and oxygen atoms in total. The maximum absolute atomic E-state index is 12.1. The third kappa shape index (κ3) is 3.25. The van der Waals surface area contributed by atoms with E-state index in [1.54, 1.807) is 0 Å². The average molecular weight is 383 g/mol. The monoisotopic (exact) mass is 381 g/mol. The highest BCUT2D eigenvalue weighted by molar-refractivity contribution is 9.10. The first-order valence-corrected chi connectivity index (χ1v) is 8.54. The molecule has 0 aliphatic heterocycles. The van der Waals surface area contributed by atoms with Crippen molar-refractivity contribution in [2.45, 2.75) is 18.7 Å². The molecular formula is C10H9BrClN3O2S2. The van der Waals surface area contributed by atoms with E-state index in [1.807, 2.05) is 13.8 Å². The van der Waals surface area contributed by atoms with Crippen LogP contribution in [0, 0.1) is 13.8 Å². The van der Waals surface area contributed by atoms with Crippen molar-refractivity contribution >= 4 is 54.0 Å². The van der Waals surface area contributed by atoms with Gasteiger partial charge in [0.2, 0.25) is 0 Å². The summed E-state index contributed by atoms with van der Waals surface area (Å²) in [6, 6.07) is 1.39. The van der Waals surface area contributed by atoms with Crippen molar-refractivity contribution in [2.24, 2.45) is 0 Å². The van der Waals surface area contributed by atoms with Gasteiger partial charge in [-0.3, -0.25) is 4.72 Å². The fourth-order valence-electron chi connectivity index (χ4n) is 1.24. The molecule has 0 atom stereocenters. The number of hydrogen-bond donors (Lipinski definition) is 1. The van der Waals surface area contributed by atoms with Gasteiger partial charge in [-0.2, -0.15) is 0 Å². The zero-order chi connectivity index (χ0) is 14.2. The highest BCUT2D eigenvalue weighted by Gasteiger charge is 2.18. The Morgan fingerprint density at radius 1 is 1.42 bits per heavy atom. The minimum absolute atomic E-state index is 0.0225. The molecule has 0 radical (unpaired) electrons. The van der Waals surface area contributed by atoms with Gasteiger partial charge in [-0.1, -0.05) is 11.6 Å². The molecule has 0 aliphatic carbocycles. The van der Waals surface area contributed by atoms with Crippen LogP contribution in [-0.2, 0) is 10.0 Å². The molecule has 0 spiro atoms. The zero-order valence-electron chi connectivity index (χ0n) is 9.94. The number of aryl methyl sites for hydroxylation is 2. The van der Waals surface area contributed by atoms with E-state index in [2.05, 4.69) is 30.6 Å². The molecule has 0 saturated heterocycles. The van der Waals surface area contributed by atoms with Crippen molar-refractivity contribution in [1.29, 1.82) is 0 Å². The van der Waals surface area contributed by atoms with Crippen LogP contribution in [0.2, 0.25) is 5.15 Å². The lowest BCUT2D eigenvalue weighted by atomic mass is 10.4. The first kappa shape index (κ1) is 14.7. The summed E-state index contributed by atoms with van der Waals surface area (Å²) in [4.78, 5) is 8.91. The van der Waals surface area contributed by atoms with Crippen molar-refractivity contribution < 1.29 is 8.42 Å². The molecule has 2 rings (SSSR count). The van der Waals surface area contributed by atoms with Gasteiger partial charge in [0, 0.05) is 11.1 Å². The SMILES string of the molecule is Cc1nc(NS(=O)(=O)c2cnc(Cl)c(Br)c2)sc1C. The summed E-state index contributed by atoms with van der Waals surface area (Å²) in [5.74, 6) is 0. The van der Waals surface area contributed by atoms with Gasteiger partial charge in [-0.05, 0) is 35.8 Å². The Bertz CT molecular complexity index is 711. The molecule has 9 heteroatoms. The molecule has 2 heterocycles. The molecule has 0 fully saturated rings. The molecule has 0 unspecified atom stereocenters. The van der Waals surface area contributed by atoms with Crippen LogP contribution in [0.3, 0.4) is 0 Å². The van der Waals surface area contributed by atoms with Crippen LogP contribution in [0.1, 0.15) is 10.6 Å². The lowest BCUT2D eigenvalue weighted by molar-refractivity contribution is 0.600. The Hall–Kier alpha value is -0.700. The summed E-state index contributed by atoms with van der Waals surface area (Å²) in [6.45, 7) is 3.70. The fraction of sp³-hybridized carbons (Fsp3) is 0.200. The highest BCUT2D eigenvalue weighted by Crippen LogP contribution is 2.26. The summed E-state index contributed by atoms with van der Waals surface area (Å²) < 4.78 is 27.1. The molecule has 0 bridgehead atoms. The standard InChI is InChI=1S/C10H9BrClN3O2S2/c1-5-6(2)18-10(14-5)15-19(16,17)7-3-8(11)9(12)13-4-7/h3-4H,1-2H3,(H,14,15). The van der Waals surface area contributed by atoms with Crippen molar-refractivity contribution in [3.8, 4) is 0 Å². The van der Waals surface area contributed by atoms with Crippen LogP contribution in [0.15, 0.2) is 21.6 Å². The van der Waals surface area contributed by atoms with Gasteiger partial charge in [-0.15, -0.1) is 11.3 Å². The van der Waals surface area contributed by atoms with Crippen LogP contribution >= 0.6 is 38.9 Å². The van der Waals surface area contributed by atoms with E-state index in [9.17, 15) is 8.42 Å². The Morgan fingerprint density at radius 3 is 2.63 bits per heavy atom. The second-order valence-corrected chi connectivity index (χ2v) is 7.81. The van der Waals surface area contributed by atoms with E-state index in [0.29, 0.717) is 9.60 Å². The van der Waals surface area contributed by atoms with Crippen molar-refractivity contribution in [2.75, 3.05) is 4.72 Å². The molecule has 0 saturated carbocycles. The van der Waals surface area contributed by atoms with E-state index in [4.69, 9.17) is 11.6 Å². The molecule has 2 aromatic rings. The maximum Gasteiger partial charge on any atom is 0.265 e. The Balaban J connectivity index is 2.34. The summed E-state index contributed by atoms with van der Waals surface area (Å²) >= 11 is 10.2. The number of anilines is 1. The topological polar surface area (TPSA) is 72.0 Å². The number of aromatic nitrogens is 2. The molecule has 0 aliphatic rings. The molecule has 0 aromatic carbocycles.